The molecular weight excluding hydrogens is 304 g/mol. The predicted octanol–water partition coefficient (Wildman–Crippen LogP) is 2.83. The van der Waals surface area contributed by atoms with Crippen molar-refractivity contribution in [3.8, 4) is 11.7 Å². The van der Waals surface area contributed by atoms with Crippen molar-refractivity contribution in [2.24, 2.45) is 0 Å². The smallest absolute Gasteiger partial charge is 0.266 e. The summed E-state index contributed by atoms with van der Waals surface area (Å²) < 4.78 is 36.3. The largest absolute Gasteiger partial charge is 0.459 e. The fraction of sp³-hybridized carbons (Fsp3) is 0.133. The van der Waals surface area contributed by atoms with Gasteiger partial charge in [-0.3, -0.25) is 0 Å². The van der Waals surface area contributed by atoms with E-state index in [1.54, 1.807) is 49.3 Å². The number of aromatic nitrogens is 1. The van der Waals surface area contributed by atoms with Gasteiger partial charge in [-0.15, -0.1) is 0 Å². The van der Waals surface area contributed by atoms with Gasteiger partial charge in [0.05, 0.1) is 11.2 Å². The Morgan fingerprint density at radius 1 is 1.05 bits per heavy atom. The molecule has 6 nitrogen and oxygen atoms in total. The van der Waals surface area contributed by atoms with E-state index in [4.69, 9.17) is 8.83 Å². The van der Waals surface area contributed by atoms with Crippen molar-refractivity contribution in [2.75, 3.05) is 19.0 Å². The van der Waals surface area contributed by atoms with Crippen LogP contribution in [0, 0.1) is 0 Å². The molecule has 0 fully saturated rings. The van der Waals surface area contributed by atoms with Crippen molar-refractivity contribution in [2.45, 2.75) is 9.92 Å². The zero-order valence-corrected chi connectivity index (χ0v) is 12.9. The second kappa shape index (κ2) is 5.34. The van der Waals surface area contributed by atoms with Crippen LogP contribution in [-0.4, -0.2) is 27.5 Å². The first-order valence-corrected chi connectivity index (χ1v) is 8.00. The lowest BCUT2D eigenvalue weighted by Crippen LogP contribution is -2.13. The van der Waals surface area contributed by atoms with Gasteiger partial charge >= 0.3 is 0 Å². The molecule has 0 aliphatic rings. The third-order valence-electron chi connectivity index (χ3n) is 3.03. The number of nitrogens with zero attached hydrogens (tertiary/aromatic N) is 2. The highest BCUT2D eigenvalue weighted by molar-refractivity contribution is 7.91. The van der Waals surface area contributed by atoms with Crippen LogP contribution in [0.3, 0.4) is 0 Å². The third-order valence-corrected chi connectivity index (χ3v) is 4.69. The van der Waals surface area contributed by atoms with E-state index in [-0.39, 0.29) is 21.7 Å². The summed E-state index contributed by atoms with van der Waals surface area (Å²) in [4.78, 5) is 5.86. The summed E-state index contributed by atoms with van der Waals surface area (Å²) in [6, 6.07) is 11.5. The summed E-state index contributed by atoms with van der Waals surface area (Å²) in [5.74, 6) is 0.663. The summed E-state index contributed by atoms with van der Waals surface area (Å²) in [5.41, 5.74) is 0. The average molecular weight is 318 g/mol. The van der Waals surface area contributed by atoms with Crippen LogP contribution in [0.5, 0.6) is 0 Å². The first-order chi connectivity index (χ1) is 10.5. The molecule has 0 spiro atoms. The Bertz CT molecular complexity index is 866. The first-order valence-electron chi connectivity index (χ1n) is 6.52. The number of benzene rings is 1. The highest BCUT2D eigenvalue weighted by Crippen LogP contribution is 2.33. The van der Waals surface area contributed by atoms with Gasteiger partial charge in [0, 0.05) is 14.1 Å². The van der Waals surface area contributed by atoms with Crippen molar-refractivity contribution >= 4 is 15.7 Å². The lowest BCUT2D eigenvalue weighted by atomic mass is 10.4. The Labute approximate surface area is 127 Å². The van der Waals surface area contributed by atoms with Crippen molar-refractivity contribution in [3.63, 3.8) is 0 Å². The molecule has 0 bridgehead atoms. The highest BCUT2D eigenvalue weighted by atomic mass is 32.2. The summed E-state index contributed by atoms with van der Waals surface area (Å²) in [5, 5.41) is -0.130. The molecule has 7 heteroatoms. The second-order valence-electron chi connectivity index (χ2n) is 4.82. The maximum absolute atomic E-state index is 12.8. The maximum Gasteiger partial charge on any atom is 0.266 e. The number of rotatable bonds is 4. The molecule has 0 radical (unpaired) electrons. The molecule has 1 aromatic carbocycles. The van der Waals surface area contributed by atoms with Gasteiger partial charge in [0.2, 0.25) is 20.7 Å². The zero-order valence-electron chi connectivity index (χ0n) is 12.1. The minimum absolute atomic E-state index is 0.128. The molecular formula is C15H14N2O4S. The van der Waals surface area contributed by atoms with Crippen LogP contribution in [0.2, 0.25) is 0 Å². The van der Waals surface area contributed by atoms with Crippen LogP contribution in [-0.2, 0) is 9.84 Å². The SMILES string of the molecule is CN(C)c1oc(-c2ccco2)nc1S(=O)(=O)c1ccccc1. The standard InChI is InChI=1S/C15H14N2O4S/c1-17(2)15-14(16-13(21-15)12-9-6-10-20-12)22(18,19)11-7-4-3-5-8-11/h3-10H,1-2H3. The van der Waals surface area contributed by atoms with E-state index >= 15 is 0 Å². The van der Waals surface area contributed by atoms with Gasteiger partial charge in [-0.25, -0.2) is 8.42 Å². The van der Waals surface area contributed by atoms with Gasteiger partial charge in [0.15, 0.2) is 5.76 Å². The van der Waals surface area contributed by atoms with Crippen LogP contribution in [0.25, 0.3) is 11.7 Å². The summed E-state index contributed by atoms with van der Waals surface area (Å²) in [6.45, 7) is 0. The molecule has 22 heavy (non-hydrogen) atoms. The number of sulfone groups is 1. The van der Waals surface area contributed by atoms with Gasteiger partial charge in [-0.05, 0) is 24.3 Å². The molecule has 0 N–H and O–H groups in total. The van der Waals surface area contributed by atoms with E-state index in [2.05, 4.69) is 4.98 Å². The van der Waals surface area contributed by atoms with E-state index < -0.39 is 9.84 Å². The second-order valence-corrected chi connectivity index (χ2v) is 6.68. The topological polar surface area (TPSA) is 76.6 Å². The lowest BCUT2D eigenvalue weighted by Gasteiger charge is -2.09. The predicted molar refractivity (Wildman–Crippen MR) is 80.4 cm³/mol. The van der Waals surface area contributed by atoms with Gasteiger partial charge in [-0.2, -0.15) is 4.98 Å². The Morgan fingerprint density at radius 2 is 1.77 bits per heavy atom. The van der Waals surface area contributed by atoms with Crippen LogP contribution < -0.4 is 4.90 Å². The third kappa shape index (κ3) is 2.39. The lowest BCUT2D eigenvalue weighted by molar-refractivity contribution is 0.516. The number of hydrogen-bond donors (Lipinski definition) is 0. The van der Waals surface area contributed by atoms with E-state index in [1.807, 2.05) is 0 Å². The minimum Gasteiger partial charge on any atom is -0.459 e. The first kappa shape index (κ1) is 14.4. The Kier molecular flexibility index (Phi) is 3.50. The van der Waals surface area contributed by atoms with E-state index in [0.29, 0.717) is 5.76 Å². The Balaban J connectivity index is 2.18. The van der Waals surface area contributed by atoms with Gasteiger partial charge in [0.1, 0.15) is 0 Å². The monoisotopic (exact) mass is 318 g/mol. The van der Waals surface area contributed by atoms with E-state index in [9.17, 15) is 8.42 Å². The quantitative estimate of drug-likeness (QED) is 0.736. The summed E-state index contributed by atoms with van der Waals surface area (Å²) >= 11 is 0. The summed E-state index contributed by atoms with van der Waals surface area (Å²) in [6.07, 6.45) is 1.47. The zero-order chi connectivity index (χ0) is 15.7. The Morgan fingerprint density at radius 3 is 2.36 bits per heavy atom. The highest BCUT2D eigenvalue weighted by Gasteiger charge is 2.29. The Hall–Kier alpha value is -2.54. The molecule has 2 heterocycles. The molecule has 0 unspecified atom stereocenters. The molecule has 0 aliphatic carbocycles. The number of furan rings is 1. The van der Waals surface area contributed by atoms with Crippen LogP contribution in [0.4, 0.5) is 5.88 Å². The van der Waals surface area contributed by atoms with E-state index in [0.717, 1.165) is 0 Å². The molecule has 3 aromatic rings. The molecule has 0 saturated heterocycles. The van der Waals surface area contributed by atoms with Gasteiger partial charge < -0.3 is 13.7 Å². The van der Waals surface area contributed by atoms with Crippen LogP contribution in [0.1, 0.15) is 0 Å². The normalized spacial score (nSPS) is 11.5. The fourth-order valence-corrected chi connectivity index (χ4v) is 3.37. The van der Waals surface area contributed by atoms with Crippen molar-refractivity contribution < 1.29 is 17.3 Å². The molecule has 0 atom stereocenters. The van der Waals surface area contributed by atoms with E-state index in [1.165, 1.54) is 18.4 Å². The van der Waals surface area contributed by atoms with Crippen LogP contribution >= 0.6 is 0 Å². The van der Waals surface area contributed by atoms with Gasteiger partial charge in [0.25, 0.3) is 5.89 Å². The fourth-order valence-electron chi connectivity index (χ4n) is 1.97. The summed E-state index contributed by atoms with van der Waals surface area (Å²) in [7, 11) is -0.391. The average Bonchev–Trinajstić information content (AvgIpc) is 3.17. The van der Waals surface area contributed by atoms with Crippen molar-refractivity contribution in [1.29, 1.82) is 0 Å². The minimum atomic E-state index is -3.77. The maximum atomic E-state index is 12.8. The number of oxazole rings is 1. The molecule has 0 saturated carbocycles. The van der Waals surface area contributed by atoms with Gasteiger partial charge in [-0.1, -0.05) is 18.2 Å². The molecule has 0 amide bonds. The number of hydrogen-bond acceptors (Lipinski definition) is 6. The van der Waals surface area contributed by atoms with Crippen LogP contribution in [0.15, 0.2) is 67.5 Å². The van der Waals surface area contributed by atoms with Crippen molar-refractivity contribution in [1.82, 2.24) is 4.98 Å². The molecule has 2 aromatic heterocycles. The van der Waals surface area contributed by atoms with Crippen molar-refractivity contribution in [3.05, 3.63) is 48.7 Å². The molecule has 0 aliphatic heterocycles. The number of anilines is 1. The molecule has 114 valence electrons. The molecule has 3 rings (SSSR count).